The van der Waals surface area contributed by atoms with Crippen LogP contribution in [0.5, 0.6) is 5.75 Å². The van der Waals surface area contributed by atoms with Gasteiger partial charge in [-0.25, -0.2) is 0 Å². The number of para-hydroxylation sites is 1. The Labute approximate surface area is 130 Å². The van der Waals surface area contributed by atoms with E-state index in [4.69, 9.17) is 4.74 Å². The molecule has 4 nitrogen and oxygen atoms in total. The largest absolute Gasteiger partial charge is 0.475 e. The minimum atomic E-state index is -0.783. The van der Waals surface area contributed by atoms with Crippen molar-refractivity contribution in [3.63, 3.8) is 0 Å². The van der Waals surface area contributed by atoms with Crippen molar-refractivity contribution >= 4 is 12.2 Å². The second-order valence-electron chi connectivity index (χ2n) is 4.86. The highest BCUT2D eigenvalue weighted by atomic mass is 16.5. The minimum Gasteiger partial charge on any atom is -0.475 e. The van der Waals surface area contributed by atoms with Gasteiger partial charge in [-0.15, -0.1) is 0 Å². The Morgan fingerprint density at radius 2 is 1.82 bits per heavy atom. The first-order chi connectivity index (χ1) is 10.8. The number of nitrogens with one attached hydrogen (secondary N) is 1. The molecule has 1 N–H and O–H groups in total. The van der Waals surface area contributed by atoms with E-state index in [0.717, 1.165) is 18.3 Å². The van der Waals surface area contributed by atoms with E-state index in [1.54, 1.807) is 24.3 Å². The van der Waals surface area contributed by atoms with Crippen molar-refractivity contribution in [3.05, 3.63) is 65.7 Å². The molecule has 0 fully saturated rings. The van der Waals surface area contributed by atoms with Crippen molar-refractivity contribution < 1.29 is 14.3 Å². The molecule has 0 radical (unpaired) electrons. The third kappa shape index (κ3) is 3.95. The third-order valence-electron chi connectivity index (χ3n) is 3.18. The highest BCUT2D eigenvalue weighted by Gasteiger charge is 2.23. The van der Waals surface area contributed by atoms with Crippen molar-refractivity contribution in [2.75, 3.05) is 6.54 Å². The van der Waals surface area contributed by atoms with E-state index < -0.39 is 6.10 Å². The summed E-state index contributed by atoms with van der Waals surface area (Å²) in [6, 6.07) is 16.1. The van der Waals surface area contributed by atoms with Gasteiger partial charge in [0.25, 0.3) is 5.91 Å². The fraction of sp³-hybridized carbons (Fsp3) is 0.222. The number of carbonyl (C=O) groups is 2. The topological polar surface area (TPSA) is 55.4 Å². The summed E-state index contributed by atoms with van der Waals surface area (Å²) in [5, 5.41) is 2.84. The van der Waals surface area contributed by atoms with E-state index in [0.29, 0.717) is 17.9 Å². The van der Waals surface area contributed by atoms with Crippen LogP contribution in [0.2, 0.25) is 0 Å². The maximum absolute atomic E-state index is 12.4. The number of amides is 1. The summed E-state index contributed by atoms with van der Waals surface area (Å²) < 4.78 is 5.84. The van der Waals surface area contributed by atoms with Gasteiger partial charge in [-0.05, 0) is 18.6 Å². The molecule has 0 bridgehead atoms. The SMILES string of the molecule is CCCNC(=O)C(Oc1ccccc1C=O)c1ccccc1. The molecule has 2 aromatic carbocycles. The zero-order valence-corrected chi connectivity index (χ0v) is 12.5. The van der Waals surface area contributed by atoms with E-state index in [1.165, 1.54) is 0 Å². The van der Waals surface area contributed by atoms with Crippen LogP contribution in [-0.4, -0.2) is 18.7 Å². The van der Waals surface area contributed by atoms with Crippen LogP contribution in [0.25, 0.3) is 0 Å². The first-order valence-electron chi connectivity index (χ1n) is 7.29. The van der Waals surface area contributed by atoms with Crippen LogP contribution in [0.4, 0.5) is 0 Å². The van der Waals surface area contributed by atoms with Crippen LogP contribution in [0.15, 0.2) is 54.6 Å². The molecule has 2 rings (SSSR count). The zero-order valence-electron chi connectivity index (χ0n) is 12.5. The monoisotopic (exact) mass is 297 g/mol. The van der Waals surface area contributed by atoms with Crippen LogP contribution in [0.3, 0.4) is 0 Å². The fourth-order valence-corrected chi connectivity index (χ4v) is 2.05. The number of hydrogen-bond donors (Lipinski definition) is 1. The predicted octanol–water partition coefficient (Wildman–Crippen LogP) is 3.15. The lowest BCUT2D eigenvalue weighted by Crippen LogP contribution is -2.33. The highest BCUT2D eigenvalue weighted by molar-refractivity contribution is 5.83. The van der Waals surface area contributed by atoms with Crippen LogP contribution in [0, 0.1) is 0 Å². The average Bonchev–Trinajstić information content (AvgIpc) is 2.58. The van der Waals surface area contributed by atoms with Crippen LogP contribution in [-0.2, 0) is 4.79 Å². The van der Waals surface area contributed by atoms with Gasteiger partial charge in [0, 0.05) is 12.1 Å². The lowest BCUT2D eigenvalue weighted by atomic mass is 10.1. The summed E-state index contributed by atoms with van der Waals surface area (Å²) in [5.41, 5.74) is 1.17. The Balaban J connectivity index is 2.28. The van der Waals surface area contributed by atoms with E-state index >= 15 is 0 Å². The van der Waals surface area contributed by atoms with Crippen molar-refractivity contribution in [2.45, 2.75) is 19.4 Å². The highest BCUT2D eigenvalue weighted by Crippen LogP contribution is 2.24. The summed E-state index contributed by atoms with van der Waals surface area (Å²) in [7, 11) is 0. The number of aldehydes is 1. The van der Waals surface area contributed by atoms with Crippen LogP contribution in [0.1, 0.15) is 35.4 Å². The minimum absolute atomic E-state index is 0.214. The Morgan fingerprint density at radius 3 is 2.50 bits per heavy atom. The quantitative estimate of drug-likeness (QED) is 0.799. The molecule has 4 heteroatoms. The Hall–Kier alpha value is -2.62. The van der Waals surface area contributed by atoms with E-state index in [9.17, 15) is 9.59 Å². The lowest BCUT2D eigenvalue weighted by Gasteiger charge is -2.20. The summed E-state index contributed by atoms with van der Waals surface area (Å²) in [4.78, 5) is 23.5. The standard InChI is InChI=1S/C18H19NO3/c1-2-12-19-18(21)17(14-8-4-3-5-9-14)22-16-11-7-6-10-15(16)13-20/h3-11,13,17H,2,12H2,1H3,(H,19,21). The second-order valence-corrected chi connectivity index (χ2v) is 4.86. The molecule has 22 heavy (non-hydrogen) atoms. The summed E-state index contributed by atoms with van der Waals surface area (Å²) in [5.74, 6) is 0.187. The van der Waals surface area contributed by atoms with Crippen LogP contribution >= 0.6 is 0 Å². The van der Waals surface area contributed by atoms with Gasteiger partial charge in [0.05, 0.1) is 5.56 Å². The van der Waals surface area contributed by atoms with Gasteiger partial charge in [0.1, 0.15) is 5.75 Å². The maximum Gasteiger partial charge on any atom is 0.265 e. The maximum atomic E-state index is 12.4. The average molecular weight is 297 g/mol. The number of ether oxygens (including phenoxy) is 1. The van der Waals surface area contributed by atoms with E-state index in [-0.39, 0.29) is 5.91 Å². The van der Waals surface area contributed by atoms with Gasteiger partial charge in [0.2, 0.25) is 6.10 Å². The molecule has 0 heterocycles. The normalized spacial score (nSPS) is 11.5. The molecule has 1 amide bonds. The fourth-order valence-electron chi connectivity index (χ4n) is 2.05. The van der Waals surface area contributed by atoms with Gasteiger partial charge in [0.15, 0.2) is 6.29 Å². The van der Waals surface area contributed by atoms with Gasteiger partial charge in [-0.2, -0.15) is 0 Å². The molecule has 0 saturated carbocycles. The molecule has 2 aromatic rings. The Bertz CT molecular complexity index is 625. The summed E-state index contributed by atoms with van der Waals surface area (Å²) in [6.45, 7) is 2.57. The molecule has 1 atom stereocenters. The number of hydrogen-bond acceptors (Lipinski definition) is 3. The van der Waals surface area contributed by atoms with Crippen LogP contribution < -0.4 is 10.1 Å². The van der Waals surface area contributed by atoms with Gasteiger partial charge in [-0.3, -0.25) is 9.59 Å². The molecule has 114 valence electrons. The van der Waals surface area contributed by atoms with Crippen molar-refractivity contribution in [1.29, 1.82) is 0 Å². The number of carbonyl (C=O) groups excluding carboxylic acids is 2. The lowest BCUT2D eigenvalue weighted by molar-refractivity contribution is -0.128. The number of benzene rings is 2. The molecule has 0 aliphatic heterocycles. The Morgan fingerprint density at radius 1 is 1.14 bits per heavy atom. The van der Waals surface area contributed by atoms with E-state index in [2.05, 4.69) is 5.32 Å². The predicted molar refractivity (Wildman–Crippen MR) is 84.9 cm³/mol. The second kappa shape index (κ2) is 7.98. The van der Waals surface area contributed by atoms with Crippen molar-refractivity contribution in [2.24, 2.45) is 0 Å². The smallest absolute Gasteiger partial charge is 0.265 e. The zero-order chi connectivity index (χ0) is 15.8. The molecule has 0 spiro atoms. The molecular weight excluding hydrogens is 278 g/mol. The van der Waals surface area contributed by atoms with Gasteiger partial charge in [-0.1, -0.05) is 49.4 Å². The number of rotatable bonds is 7. The molecular formula is C18H19NO3. The van der Waals surface area contributed by atoms with Gasteiger partial charge < -0.3 is 10.1 Å². The molecule has 1 unspecified atom stereocenters. The van der Waals surface area contributed by atoms with E-state index in [1.807, 2.05) is 37.3 Å². The third-order valence-corrected chi connectivity index (χ3v) is 3.18. The van der Waals surface area contributed by atoms with Crippen molar-refractivity contribution in [1.82, 2.24) is 5.32 Å². The Kier molecular flexibility index (Phi) is 5.72. The molecule has 0 saturated heterocycles. The van der Waals surface area contributed by atoms with Gasteiger partial charge >= 0.3 is 0 Å². The molecule has 0 aliphatic carbocycles. The first-order valence-corrected chi connectivity index (χ1v) is 7.29. The first kappa shape index (κ1) is 15.8. The van der Waals surface area contributed by atoms with Crippen molar-refractivity contribution in [3.8, 4) is 5.75 Å². The summed E-state index contributed by atoms with van der Waals surface area (Å²) in [6.07, 6.45) is 0.785. The summed E-state index contributed by atoms with van der Waals surface area (Å²) >= 11 is 0. The molecule has 0 aliphatic rings. The molecule has 0 aromatic heterocycles.